The fourth-order valence-electron chi connectivity index (χ4n) is 5.82. The maximum atomic E-state index is 2.59. The van der Waals surface area contributed by atoms with Gasteiger partial charge in [-0.05, 0) is 6.42 Å². The van der Waals surface area contributed by atoms with Crippen molar-refractivity contribution in [2.45, 2.75) is 232 Å². The Balaban J connectivity index is 3.00. The molecular weight excluding hydrogens is 444 g/mol. The normalized spacial score (nSPS) is 11.5. The zero-order valence-electron chi connectivity index (χ0n) is 26.6. The quantitative estimate of drug-likeness (QED) is 0.0741. The lowest BCUT2D eigenvalue weighted by Crippen LogP contribution is -1.85. The topological polar surface area (TPSA) is 0 Å². The van der Waals surface area contributed by atoms with Crippen molar-refractivity contribution in [2.75, 3.05) is 0 Å². The van der Waals surface area contributed by atoms with Crippen molar-refractivity contribution in [3.8, 4) is 0 Å². The minimum Gasteiger partial charge on any atom is -0.0654 e. The third kappa shape index (κ3) is 36.0. The molecule has 223 valence electrons. The van der Waals surface area contributed by atoms with Crippen LogP contribution in [0.15, 0.2) is 0 Å². The van der Waals surface area contributed by atoms with Gasteiger partial charge in [-0.25, -0.2) is 0 Å². The van der Waals surface area contributed by atoms with E-state index in [1.54, 1.807) is 0 Å². The SMILES string of the molecule is CCCCCCCCCCCCCCC[CH]CCCCCCCCCCCCCCCCCCCCC. The first kappa shape index (κ1) is 37.0. The lowest BCUT2D eigenvalue weighted by atomic mass is 10.0. The minimum absolute atomic E-state index is 1.37. The number of unbranched alkanes of at least 4 members (excludes halogenated alkanes) is 34. The Kier molecular flexibility index (Phi) is 36.0. The van der Waals surface area contributed by atoms with E-state index in [0.717, 1.165) is 0 Å². The summed E-state index contributed by atoms with van der Waals surface area (Å²) in [5.74, 6) is 0. The molecule has 0 aliphatic rings. The summed E-state index contributed by atoms with van der Waals surface area (Å²) in [5.41, 5.74) is 0. The average molecular weight is 520 g/mol. The minimum atomic E-state index is 1.37. The van der Waals surface area contributed by atoms with Crippen LogP contribution in [0, 0.1) is 6.42 Å². The van der Waals surface area contributed by atoms with E-state index in [4.69, 9.17) is 0 Å². The fraction of sp³-hybridized carbons (Fsp3) is 0.973. The molecule has 0 aromatic heterocycles. The summed E-state index contributed by atoms with van der Waals surface area (Å²) < 4.78 is 0. The molecule has 0 atom stereocenters. The van der Waals surface area contributed by atoms with Gasteiger partial charge in [-0.2, -0.15) is 0 Å². The van der Waals surface area contributed by atoms with Crippen molar-refractivity contribution in [3.63, 3.8) is 0 Å². The Bertz CT molecular complexity index is 325. The van der Waals surface area contributed by atoms with Gasteiger partial charge in [0.2, 0.25) is 0 Å². The predicted molar refractivity (Wildman–Crippen MR) is 173 cm³/mol. The van der Waals surface area contributed by atoms with E-state index in [1.165, 1.54) is 218 Å². The first-order valence-corrected chi connectivity index (χ1v) is 18.2. The summed E-state index contributed by atoms with van der Waals surface area (Å²) in [4.78, 5) is 0. The number of rotatable bonds is 34. The molecule has 0 N–H and O–H groups in total. The lowest BCUT2D eigenvalue weighted by Gasteiger charge is -2.04. The third-order valence-corrected chi connectivity index (χ3v) is 8.52. The van der Waals surface area contributed by atoms with Crippen LogP contribution in [0.3, 0.4) is 0 Å². The molecule has 0 nitrogen and oxygen atoms in total. The average Bonchev–Trinajstić information content (AvgIpc) is 2.91. The predicted octanol–water partition coefficient (Wildman–Crippen LogP) is 14.5. The van der Waals surface area contributed by atoms with Crippen LogP contribution in [0.25, 0.3) is 0 Å². The summed E-state index contributed by atoms with van der Waals surface area (Å²) in [5, 5.41) is 0. The Morgan fingerprint density at radius 2 is 0.378 bits per heavy atom. The molecular formula is C37H75. The Morgan fingerprint density at radius 3 is 0.568 bits per heavy atom. The second-order valence-electron chi connectivity index (χ2n) is 12.5. The van der Waals surface area contributed by atoms with Crippen molar-refractivity contribution in [3.05, 3.63) is 6.42 Å². The highest BCUT2D eigenvalue weighted by Gasteiger charge is 1.97. The molecule has 0 bridgehead atoms. The summed E-state index contributed by atoms with van der Waals surface area (Å²) in [6.45, 7) is 4.61. The molecule has 0 fully saturated rings. The van der Waals surface area contributed by atoms with Crippen molar-refractivity contribution >= 4 is 0 Å². The van der Waals surface area contributed by atoms with Gasteiger partial charge < -0.3 is 0 Å². The van der Waals surface area contributed by atoms with Crippen molar-refractivity contribution in [1.82, 2.24) is 0 Å². The van der Waals surface area contributed by atoms with Crippen LogP contribution in [0.5, 0.6) is 0 Å². The van der Waals surface area contributed by atoms with Crippen LogP contribution >= 0.6 is 0 Å². The highest BCUT2D eigenvalue weighted by atomic mass is 14.0. The molecule has 0 amide bonds. The van der Waals surface area contributed by atoms with E-state index < -0.39 is 0 Å². The molecule has 1 radical (unpaired) electrons. The van der Waals surface area contributed by atoms with Gasteiger partial charge in [0.15, 0.2) is 0 Å². The molecule has 0 rings (SSSR count). The third-order valence-electron chi connectivity index (χ3n) is 8.52. The molecule has 0 unspecified atom stereocenters. The van der Waals surface area contributed by atoms with Crippen LogP contribution in [-0.4, -0.2) is 0 Å². The van der Waals surface area contributed by atoms with Crippen molar-refractivity contribution in [2.24, 2.45) is 0 Å². The molecule has 0 heteroatoms. The highest BCUT2D eigenvalue weighted by molar-refractivity contribution is 4.65. The summed E-state index contributed by atoms with van der Waals surface area (Å²) in [6.07, 6.45) is 52.4. The number of hydrogen-bond acceptors (Lipinski definition) is 0. The van der Waals surface area contributed by atoms with Gasteiger partial charge in [0.25, 0.3) is 0 Å². The van der Waals surface area contributed by atoms with Crippen LogP contribution in [0.4, 0.5) is 0 Å². The molecule has 0 spiro atoms. The van der Waals surface area contributed by atoms with E-state index in [1.807, 2.05) is 0 Å². The number of hydrogen-bond donors (Lipinski definition) is 0. The monoisotopic (exact) mass is 520 g/mol. The summed E-state index contributed by atoms with van der Waals surface area (Å²) in [7, 11) is 0. The zero-order chi connectivity index (χ0) is 26.7. The Morgan fingerprint density at radius 1 is 0.216 bits per heavy atom. The molecule has 0 heterocycles. The molecule has 0 aliphatic carbocycles. The molecule has 0 aromatic carbocycles. The van der Waals surface area contributed by atoms with E-state index >= 15 is 0 Å². The smallest absolute Gasteiger partial charge is 0.0386 e. The van der Waals surface area contributed by atoms with Gasteiger partial charge >= 0.3 is 0 Å². The van der Waals surface area contributed by atoms with Gasteiger partial charge in [0.05, 0.1) is 0 Å². The van der Waals surface area contributed by atoms with E-state index in [2.05, 4.69) is 20.3 Å². The molecule has 37 heavy (non-hydrogen) atoms. The van der Waals surface area contributed by atoms with Crippen LogP contribution in [0.2, 0.25) is 0 Å². The molecule has 0 saturated heterocycles. The second-order valence-corrected chi connectivity index (χ2v) is 12.5. The van der Waals surface area contributed by atoms with E-state index in [0.29, 0.717) is 0 Å². The Hall–Kier alpha value is 0. The summed E-state index contributed by atoms with van der Waals surface area (Å²) in [6, 6.07) is 0. The lowest BCUT2D eigenvalue weighted by molar-refractivity contribution is 0.522. The zero-order valence-corrected chi connectivity index (χ0v) is 26.6. The maximum absolute atomic E-state index is 2.59. The Labute approximate surface area is 238 Å². The van der Waals surface area contributed by atoms with Gasteiger partial charge in [-0.15, -0.1) is 0 Å². The van der Waals surface area contributed by atoms with Crippen LogP contribution < -0.4 is 0 Å². The van der Waals surface area contributed by atoms with Gasteiger partial charge in [0.1, 0.15) is 0 Å². The maximum Gasteiger partial charge on any atom is -0.0386 e. The van der Waals surface area contributed by atoms with Crippen LogP contribution in [0.1, 0.15) is 232 Å². The fourth-order valence-corrected chi connectivity index (χ4v) is 5.82. The largest absolute Gasteiger partial charge is 0.0654 e. The van der Waals surface area contributed by atoms with Crippen molar-refractivity contribution < 1.29 is 0 Å². The molecule has 0 aliphatic heterocycles. The van der Waals surface area contributed by atoms with Crippen molar-refractivity contribution in [1.29, 1.82) is 0 Å². The second kappa shape index (κ2) is 36.0. The van der Waals surface area contributed by atoms with E-state index in [-0.39, 0.29) is 0 Å². The molecule has 0 aromatic rings. The van der Waals surface area contributed by atoms with Gasteiger partial charge in [0, 0.05) is 0 Å². The van der Waals surface area contributed by atoms with Gasteiger partial charge in [-0.1, -0.05) is 232 Å². The highest BCUT2D eigenvalue weighted by Crippen LogP contribution is 2.16. The van der Waals surface area contributed by atoms with Gasteiger partial charge in [-0.3, -0.25) is 0 Å². The molecule has 0 saturated carbocycles. The first-order valence-electron chi connectivity index (χ1n) is 18.2. The van der Waals surface area contributed by atoms with E-state index in [9.17, 15) is 0 Å². The van der Waals surface area contributed by atoms with Crippen LogP contribution in [-0.2, 0) is 0 Å². The first-order chi connectivity index (χ1) is 18.4. The standard InChI is InChI=1S/C37H75/c1-3-5-7-9-11-13-15-17-19-21-23-25-27-29-31-33-35-37-36-34-32-30-28-26-24-22-20-18-16-14-12-10-8-6-4-2/h31H,3-30,32-37H2,1-2H3. The summed E-state index contributed by atoms with van der Waals surface area (Å²) >= 11 is 0.